The Morgan fingerprint density at radius 3 is 2.79 bits per heavy atom. The molecule has 0 spiro atoms. The van der Waals surface area contributed by atoms with Gasteiger partial charge < -0.3 is 14.2 Å². The van der Waals surface area contributed by atoms with Gasteiger partial charge in [-0.1, -0.05) is 11.6 Å². The molecule has 3 aliphatic rings. The Labute approximate surface area is 198 Å². The van der Waals surface area contributed by atoms with Crippen LogP contribution in [-0.4, -0.2) is 57.9 Å². The summed E-state index contributed by atoms with van der Waals surface area (Å²) in [7, 11) is 0. The number of fused-ring (bicyclic) bond motifs is 1. The molecular weight excluding hydrogens is 436 g/mol. The van der Waals surface area contributed by atoms with Gasteiger partial charge in [0, 0.05) is 36.7 Å². The lowest BCUT2D eigenvalue weighted by Crippen LogP contribution is -2.52. The predicted octanol–water partition coefficient (Wildman–Crippen LogP) is 2.49. The van der Waals surface area contributed by atoms with Crippen LogP contribution in [0.4, 0.5) is 0 Å². The van der Waals surface area contributed by atoms with E-state index in [9.17, 15) is 14.4 Å². The molecule has 3 aliphatic heterocycles. The third-order valence-electron chi connectivity index (χ3n) is 7.23. The lowest BCUT2D eigenvalue weighted by Gasteiger charge is -2.35. The third kappa shape index (κ3) is 4.32. The maximum absolute atomic E-state index is 12.9. The average molecular weight is 467 g/mol. The number of aromatic nitrogens is 1. The number of aryl methyl sites for hydroxylation is 2. The fraction of sp³-hybridized carbons (Fsp3) is 0.520. The Hall–Kier alpha value is -3.20. The smallest absolute Gasteiger partial charge is 0.255 e. The minimum absolute atomic E-state index is 0.172. The monoisotopic (exact) mass is 466 g/mol. The van der Waals surface area contributed by atoms with Crippen LogP contribution in [0.25, 0.3) is 0 Å². The van der Waals surface area contributed by atoms with Crippen LogP contribution in [0.15, 0.2) is 22.7 Å². The van der Waals surface area contributed by atoms with Crippen molar-refractivity contribution in [3.63, 3.8) is 0 Å². The van der Waals surface area contributed by atoms with Gasteiger partial charge in [-0.3, -0.25) is 24.6 Å². The van der Waals surface area contributed by atoms with Crippen molar-refractivity contribution >= 4 is 17.7 Å². The first-order chi connectivity index (χ1) is 16.4. The molecule has 1 aromatic heterocycles. The Morgan fingerprint density at radius 2 is 2.03 bits per heavy atom. The molecule has 9 nitrogen and oxygen atoms in total. The Morgan fingerprint density at radius 1 is 1.18 bits per heavy atom. The molecule has 2 aromatic rings. The van der Waals surface area contributed by atoms with Crippen molar-refractivity contribution in [3.8, 4) is 5.75 Å². The first-order valence-electron chi connectivity index (χ1n) is 12.0. The highest BCUT2D eigenvalue weighted by Gasteiger charge is 2.39. The molecule has 2 atom stereocenters. The number of carbonyl (C=O) groups is 3. The van der Waals surface area contributed by atoms with E-state index >= 15 is 0 Å². The highest BCUT2D eigenvalue weighted by atomic mass is 16.5. The molecule has 0 bridgehead atoms. The van der Waals surface area contributed by atoms with E-state index < -0.39 is 11.9 Å². The molecule has 1 aromatic carbocycles. The van der Waals surface area contributed by atoms with Gasteiger partial charge in [0.15, 0.2) is 0 Å². The van der Waals surface area contributed by atoms with Crippen molar-refractivity contribution < 1.29 is 23.6 Å². The first-order valence-corrected chi connectivity index (χ1v) is 12.0. The Kier molecular flexibility index (Phi) is 6.12. The van der Waals surface area contributed by atoms with Crippen LogP contribution >= 0.6 is 0 Å². The molecule has 2 saturated heterocycles. The van der Waals surface area contributed by atoms with Crippen LogP contribution in [0, 0.1) is 13.8 Å². The van der Waals surface area contributed by atoms with Crippen LogP contribution in [0.5, 0.6) is 5.75 Å². The number of nitrogens with zero attached hydrogens (tertiary/aromatic N) is 3. The number of hydrogen-bond acceptors (Lipinski definition) is 7. The SMILES string of the molecule is Cc1noc(C)c1CN1CCCCC1COc1ccc2c(c1)CN(C1CCC(=O)NC1=O)C2=O. The summed E-state index contributed by atoms with van der Waals surface area (Å²) < 4.78 is 11.5. The molecule has 180 valence electrons. The maximum atomic E-state index is 12.9. The fourth-order valence-corrected chi connectivity index (χ4v) is 5.22. The second kappa shape index (κ2) is 9.21. The van der Waals surface area contributed by atoms with Crippen molar-refractivity contribution in [3.05, 3.63) is 46.3 Å². The summed E-state index contributed by atoms with van der Waals surface area (Å²) in [4.78, 5) is 40.6. The van der Waals surface area contributed by atoms with Gasteiger partial charge in [0.1, 0.15) is 24.2 Å². The van der Waals surface area contributed by atoms with Crippen LogP contribution < -0.4 is 10.1 Å². The molecule has 34 heavy (non-hydrogen) atoms. The minimum atomic E-state index is -0.609. The summed E-state index contributed by atoms with van der Waals surface area (Å²) >= 11 is 0. The van der Waals surface area contributed by atoms with Crippen LogP contribution in [0.2, 0.25) is 0 Å². The molecule has 0 radical (unpaired) electrons. The zero-order valence-electron chi connectivity index (χ0n) is 19.6. The molecular formula is C25H30N4O5. The van der Waals surface area contributed by atoms with E-state index in [-0.39, 0.29) is 24.3 Å². The van der Waals surface area contributed by atoms with E-state index in [4.69, 9.17) is 9.26 Å². The van der Waals surface area contributed by atoms with Crippen molar-refractivity contribution in [2.24, 2.45) is 0 Å². The van der Waals surface area contributed by atoms with E-state index in [1.807, 2.05) is 26.0 Å². The number of rotatable bonds is 6. The van der Waals surface area contributed by atoms with Gasteiger partial charge in [0.2, 0.25) is 11.8 Å². The summed E-state index contributed by atoms with van der Waals surface area (Å²) in [5, 5.41) is 6.42. The number of piperidine rings is 2. The number of amides is 3. The number of ether oxygens (including phenoxy) is 1. The van der Waals surface area contributed by atoms with Gasteiger partial charge >= 0.3 is 0 Å². The second-order valence-corrected chi connectivity index (χ2v) is 9.45. The molecule has 4 heterocycles. The van der Waals surface area contributed by atoms with E-state index in [1.54, 1.807) is 11.0 Å². The normalized spacial score (nSPS) is 23.2. The molecule has 2 fully saturated rings. The van der Waals surface area contributed by atoms with Crippen molar-refractivity contribution in [2.75, 3.05) is 13.2 Å². The quantitative estimate of drug-likeness (QED) is 0.652. The maximum Gasteiger partial charge on any atom is 0.255 e. The van der Waals surface area contributed by atoms with Gasteiger partial charge in [-0.05, 0) is 63.4 Å². The van der Waals surface area contributed by atoms with E-state index in [0.717, 1.165) is 54.3 Å². The van der Waals surface area contributed by atoms with Gasteiger partial charge in [0.25, 0.3) is 5.91 Å². The summed E-state index contributed by atoms with van der Waals surface area (Å²) in [6.07, 6.45) is 4.01. The number of carbonyl (C=O) groups excluding carboxylic acids is 3. The van der Waals surface area contributed by atoms with Crippen molar-refractivity contribution in [1.82, 2.24) is 20.3 Å². The third-order valence-corrected chi connectivity index (χ3v) is 7.23. The molecule has 3 amide bonds. The lowest BCUT2D eigenvalue weighted by atomic mass is 10.0. The van der Waals surface area contributed by atoms with Gasteiger partial charge in [-0.25, -0.2) is 0 Å². The molecule has 2 unspecified atom stereocenters. The van der Waals surface area contributed by atoms with Gasteiger partial charge in [-0.2, -0.15) is 0 Å². The number of benzene rings is 1. The number of hydrogen-bond donors (Lipinski definition) is 1. The second-order valence-electron chi connectivity index (χ2n) is 9.45. The largest absolute Gasteiger partial charge is 0.492 e. The number of likely N-dealkylation sites (tertiary alicyclic amines) is 1. The predicted molar refractivity (Wildman–Crippen MR) is 122 cm³/mol. The summed E-state index contributed by atoms with van der Waals surface area (Å²) in [6, 6.07) is 5.19. The lowest BCUT2D eigenvalue weighted by molar-refractivity contribution is -0.136. The molecule has 1 N–H and O–H groups in total. The average Bonchev–Trinajstić information content (AvgIpc) is 3.32. The molecule has 0 saturated carbocycles. The summed E-state index contributed by atoms with van der Waals surface area (Å²) in [5.74, 6) is 0.733. The molecule has 0 aliphatic carbocycles. The van der Waals surface area contributed by atoms with E-state index in [0.29, 0.717) is 25.1 Å². The Balaban J connectivity index is 1.24. The van der Waals surface area contributed by atoms with E-state index in [2.05, 4.69) is 15.4 Å². The molecule has 9 heteroatoms. The summed E-state index contributed by atoms with van der Waals surface area (Å²) in [6.45, 7) is 6.65. The van der Waals surface area contributed by atoms with Crippen LogP contribution in [0.1, 0.15) is 65.0 Å². The standard InChI is InChI=1S/C25H30N4O5/c1-15-21(16(2)34-27-15)13-28-10-4-3-5-18(28)14-33-19-6-7-20-17(11-19)12-29(25(20)32)22-8-9-23(30)26-24(22)31/h6-7,11,18,22H,3-5,8-10,12-14H2,1-2H3,(H,26,30,31). The van der Waals surface area contributed by atoms with Gasteiger partial charge in [0.05, 0.1) is 5.69 Å². The fourth-order valence-electron chi connectivity index (χ4n) is 5.22. The Bertz CT molecular complexity index is 1110. The zero-order chi connectivity index (χ0) is 23.8. The first kappa shape index (κ1) is 22.6. The van der Waals surface area contributed by atoms with Gasteiger partial charge in [-0.15, -0.1) is 0 Å². The zero-order valence-corrected chi connectivity index (χ0v) is 19.6. The van der Waals surface area contributed by atoms with Crippen LogP contribution in [0.3, 0.4) is 0 Å². The highest BCUT2D eigenvalue weighted by Crippen LogP contribution is 2.31. The highest BCUT2D eigenvalue weighted by molar-refractivity contribution is 6.05. The number of imide groups is 1. The van der Waals surface area contributed by atoms with Crippen LogP contribution in [-0.2, 0) is 22.7 Å². The molecule has 5 rings (SSSR count). The summed E-state index contributed by atoms with van der Waals surface area (Å²) in [5.41, 5.74) is 3.53. The minimum Gasteiger partial charge on any atom is -0.492 e. The van der Waals surface area contributed by atoms with E-state index in [1.165, 1.54) is 6.42 Å². The van der Waals surface area contributed by atoms with Crippen molar-refractivity contribution in [1.29, 1.82) is 0 Å². The number of nitrogens with one attached hydrogen (secondary N) is 1. The topological polar surface area (TPSA) is 105 Å². The van der Waals surface area contributed by atoms with Crippen molar-refractivity contribution in [2.45, 2.75) is 71.1 Å².